The second kappa shape index (κ2) is 4.70. The molecule has 1 aromatic heterocycles. The van der Waals surface area contributed by atoms with Crippen LogP contribution in [0.15, 0.2) is 12.1 Å². The largest absolute Gasteiger partial charge is 0.290 e. The van der Waals surface area contributed by atoms with Crippen LogP contribution in [0.1, 0.15) is 31.2 Å². The van der Waals surface area contributed by atoms with Gasteiger partial charge in [0.1, 0.15) is 5.69 Å². The molecule has 1 heterocycles. The Morgan fingerprint density at radius 2 is 2.07 bits per heavy atom. The number of rotatable bonds is 3. The molecule has 0 aliphatic rings. The summed E-state index contributed by atoms with van der Waals surface area (Å²) in [4.78, 5) is 14.7. The lowest BCUT2D eigenvalue weighted by Crippen LogP contribution is -2.08. The summed E-state index contributed by atoms with van der Waals surface area (Å²) in [6.45, 7) is 5.73. The van der Waals surface area contributed by atoms with Gasteiger partial charge in [0.15, 0.2) is 0 Å². The van der Waals surface area contributed by atoms with Crippen LogP contribution in [-0.2, 0) is 0 Å². The van der Waals surface area contributed by atoms with E-state index < -0.39 is 4.92 Å². The number of aryl methyl sites for hydroxylation is 1. The third-order valence-corrected chi connectivity index (χ3v) is 3.22. The van der Waals surface area contributed by atoms with E-state index >= 15 is 0 Å². The molecule has 0 saturated carbocycles. The summed E-state index contributed by atoms with van der Waals surface area (Å²) >= 11 is 3.47. The number of halogens is 1. The van der Waals surface area contributed by atoms with Crippen molar-refractivity contribution in [1.82, 2.24) is 4.98 Å². The zero-order valence-electron chi connectivity index (χ0n) is 8.90. The Kier molecular flexibility index (Phi) is 3.79. The van der Waals surface area contributed by atoms with Crippen LogP contribution < -0.4 is 0 Å². The van der Waals surface area contributed by atoms with Gasteiger partial charge >= 0.3 is 0 Å². The van der Waals surface area contributed by atoms with Gasteiger partial charge in [0.05, 0.1) is 4.92 Å². The van der Waals surface area contributed by atoms with E-state index in [2.05, 4.69) is 20.9 Å². The van der Waals surface area contributed by atoms with Crippen molar-refractivity contribution in [2.24, 2.45) is 0 Å². The maximum atomic E-state index is 10.6. The Hall–Kier alpha value is -0.970. The molecule has 0 aliphatic carbocycles. The molecule has 0 radical (unpaired) electrons. The second-order valence-corrected chi connectivity index (χ2v) is 5.01. The molecule has 0 aromatic carbocycles. The van der Waals surface area contributed by atoms with E-state index in [0.29, 0.717) is 10.5 Å². The summed E-state index contributed by atoms with van der Waals surface area (Å²) in [5.74, 6) is 0.240. The third kappa shape index (κ3) is 2.75. The number of aromatic nitrogens is 1. The van der Waals surface area contributed by atoms with E-state index in [1.807, 2.05) is 13.8 Å². The Morgan fingerprint density at radius 1 is 1.47 bits per heavy atom. The lowest BCUT2D eigenvalue weighted by molar-refractivity contribution is -0.385. The van der Waals surface area contributed by atoms with Crippen molar-refractivity contribution in [1.29, 1.82) is 0 Å². The smallest absolute Gasteiger partial charge is 0.258 e. The van der Waals surface area contributed by atoms with E-state index in [4.69, 9.17) is 0 Å². The molecule has 0 N–H and O–H groups in total. The zero-order chi connectivity index (χ0) is 11.6. The topological polar surface area (TPSA) is 56.0 Å². The Labute approximate surface area is 97.0 Å². The van der Waals surface area contributed by atoms with Crippen molar-refractivity contribution in [3.63, 3.8) is 0 Å². The fourth-order valence-corrected chi connectivity index (χ4v) is 1.53. The van der Waals surface area contributed by atoms with E-state index in [0.717, 1.165) is 5.69 Å². The highest BCUT2D eigenvalue weighted by atomic mass is 79.9. The normalized spacial score (nSPS) is 14.7. The summed E-state index contributed by atoms with van der Waals surface area (Å²) in [6.07, 6.45) is 0. The van der Waals surface area contributed by atoms with Gasteiger partial charge in [-0.15, -0.1) is 0 Å². The van der Waals surface area contributed by atoms with Crippen molar-refractivity contribution < 1.29 is 4.92 Å². The Balaban J connectivity index is 3.06. The average Bonchev–Trinajstić information content (AvgIpc) is 2.15. The first-order valence-corrected chi connectivity index (χ1v) is 5.61. The molecule has 2 atom stereocenters. The molecule has 2 unspecified atom stereocenters. The number of pyridine rings is 1. The lowest BCUT2D eigenvalue weighted by atomic mass is 10.0. The number of hydrogen-bond acceptors (Lipinski definition) is 3. The molecule has 1 aromatic rings. The predicted molar refractivity (Wildman–Crippen MR) is 62.4 cm³/mol. The highest BCUT2D eigenvalue weighted by molar-refractivity contribution is 9.09. The minimum Gasteiger partial charge on any atom is -0.258 e. The summed E-state index contributed by atoms with van der Waals surface area (Å²) in [6, 6.07) is 3.23. The van der Waals surface area contributed by atoms with Crippen molar-refractivity contribution in [3.05, 3.63) is 33.6 Å². The van der Waals surface area contributed by atoms with Crippen molar-refractivity contribution in [3.8, 4) is 0 Å². The summed E-state index contributed by atoms with van der Waals surface area (Å²) in [5, 5.41) is 10.6. The van der Waals surface area contributed by atoms with Crippen molar-refractivity contribution >= 4 is 21.6 Å². The van der Waals surface area contributed by atoms with Crippen LogP contribution >= 0.6 is 15.9 Å². The number of hydrogen-bond donors (Lipinski definition) is 0. The number of alkyl halides is 1. The van der Waals surface area contributed by atoms with Crippen molar-refractivity contribution in [2.75, 3.05) is 0 Å². The van der Waals surface area contributed by atoms with Gasteiger partial charge < -0.3 is 0 Å². The molecular formula is C10H13BrN2O2. The summed E-state index contributed by atoms with van der Waals surface area (Å²) < 4.78 is 0. The monoisotopic (exact) mass is 272 g/mol. The van der Waals surface area contributed by atoms with Crippen LogP contribution in [0.3, 0.4) is 0 Å². The van der Waals surface area contributed by atoms with Gasteiger partial charge in [0.25, 0.3) is 5.69 Å². The van der Waals surface area contributed by atoms with Crippen LogP contribution in [-0.4, -0.2) is 14.7 Å². The molecule has 5 heteroatoms. The van der Waals surface area contributed by atoms with E-state index in [9.17, 15) is 10.1 Å². The van der Waals surface area contributed by atoms with Gasteiger partial charge in [-0.05, 0) is 13.0 Å². The van der Waals surface area contributed by atoms with Gasteiger partial charge in [-0.3, -0.25) is 15.1 Å². The van der Waals surface area contributed by atoms with Gasteiger partial charge in [0.2, 0.25) is 0 Å². The molecule has 0 aliphatic heterocycles. The number of nitro groups is 1. The van der Waals surface area contributed by atoms with Gasteiger partial charge in [-0.2, -0.15) is 0 Å². The Bertz CT molecular complexity index is 380. The van der Waals surface area contributed by atoms with Gasteiger partial charge in [-0.1, -0.05) is 29.8 Å². The Morgan fingerprint density at radius 3 is 2.47 bits per heavy atom. The van der Waals surface area contributed by atoms with E-state index in [1.54, 1.807) is 13.0 Å². The molecule has 0 bridgehead atoms. The first kappa shape index (κ1) is 12.1. The SMILES string of the molecule is Cc1nc(C(C)C(C)Br)ccc1[N+](=O)[O-]. The second-order valence-electron chi connectivity index (χ2n) is 3.56. The van der Waals surface area contributed by atoms with Crippen LogP contribution in [0, 0.1) is 17.0 Å². The molecule has 0 saturated heterocycles. The maximum Gasteiger partial charge on any atom is 0.290 e. The fourth-order valence-electron chi connectivity index (χ4n) is 1.25. The standard InChI is InChI=1S/C10H13BrN2O2/c1-6(7(2)11)9-4-5-10(13(14)15)8(3)12-9/h4-7H,1-3H3. The molecule has 0 fully saturated rings. The highest BCUT2D eigenvalue weighted by Gasteiger charge is 2.17. The summed E-state index contributed by atoms with van der Waals surface area (Å²) in [5.41, 5.74) is 1.42. The third-order valence-electron chi connectivity index (χ3n) is 2.43. The van der Waals surface area contributed by atoms with Crippen LogP contribution in [0.2, 0.25) is 0 Å². The summed E-state index contributed by atoms with van der Waals surface area (Å²) in [7, 11) is 0. The minimum absolute atomic E-state index is 0.0770. The minimum atomic E-state index is -0.408. The van der Waals surface area contributed by atoms with E-state index in [-0.39, 0.29) is 11.6 Å². The van der Waals surface area contributed by atoms with Crippen molar-refractivity contribution in [2.45, 2.75) is 31.5 Å². The molecular weight excluding hydrogens is 260 g/mol. The van der Waals surface area contributed by atoms with Crippen LogP contribution in [0.5, 0.6) is 0 Å². The molecule has 1 rings (SSSR count). The van der Waals surface area contributed by atoms with Crippen LogP contribution in [0.4, 0.5) is 5.69 Å². The lowest BCUT2D eigenvalue weighted by Gasteiger charge is -2.13. The average molecular weight is 273 g/mol. The number of nitrogens with zero attached hydrogens (tertiary/aromatic N) is 2. The molecule has 0 amide bonds. The molecule has 15 heavy (non-hydrogen) atoms. The first-order valence-electron chi connectivity index (χ1n) is 4.69. The molecule has 82 valence electrons. The van der Waals surface area contributed by atoms with Gasteiger partial charge in [-0.25, -0.2) is 0 Å². The van der Waals surface area contributed by atoms with Gasteiger partial charge in [0, 0.05) is 22.5 Å². The highest BCUT2D eigenvalue weighted by Crippen LogP contribution is 2.25. The fraction of sp³-hybridized carbons (Fsp3) is 0.500. The molecule has 0 spiro atoms. The zero-order valence-corrected chi connectivity index (χ0v) is 10.5. The predicted octanol–water partition coefficient (Wildman–Crippen LogP) is 3.19. The van der Waals surface area contributed by atoms with Crippen LogP contribution in [0.25, 0.3) is 0 Å². The van der Waals surface area contributed by atoms with E-state index in [1.165, 1.54) is 6.07 Å². The molecule has 4 nitrogen and oxygen atoms in total. The quantitative estimate of drug-likeness (QED) is 0.482. The maximum absolute atomic E-state index is 10.6. The first-order chi connectivity index (χ1) is 6.93.